The van der Waals surface area contributed by atoms with Gasteiger partial charge in [-0.05, 0) is 25.8 Å². The largest absolute Gasteiger partial charge is 0.399 e. The normalized spacial score (nSPS) is 12.2. The summed E-state index contributed by atoms with van der Waals surface area (Å²) in [5.74, 6) is 0. The van der Waals surface area contributed by atoms with Gasteiger partial charge in [0.2, 0.25) is 0 Å². The van der Waals surface area contributed by atoms with Crippen LogP contribution in [0.2, 0.25) is 0 Å². The molecule has 0 aromatic carbocycles. The Labute approximate surface area is 98.4 Å². The minimum absolute atomic E-state index is 0.0790. The maximum atomic E-state index is 13.6. The molecule has 0 saturated carbocycles. The van der Waals surface area contributed by atoms with Gasteiger partial charge in [-0.15, -0.1) is 0 Å². The van der Waals surface area contributed by atoms with Crippen LogP contribution in [0.3, 0.4) is 0 Å². The van der Waals surface area contributed by atoms with E-state index in [1.54, 1.807) is 0 Å². The molecule has 9 heteroatoms. The first kappa shape index (κ1) is 16.3. The van der Waals surface area contributed by atoms with Crippen LogP contribution in [-0.2, 0) is 13.6 Å². The van der Waals surface area contributed by atoms with Crippen LogP contribution >= 0.6 is 7.60 Å². The van der Waals surface area contributed by atoms with Gasteiger partial charge in [0.25, 0.3) is 0 Å². The number of alkyl halides is 2. The fraction of sp³-hybridized carbons (Fsp3) is 1.00. The summed E-state index contributed by atoms with van der Waals surface area (Å²) in [5.41, 5.74) is 4.43. The van der Waals surface area contributed by atoms with Crippen molar-refractivity contribution >= 4 is 7.60 Å². The quantitative estimate of drug-likeness (QED) is 0.209. The Hall–Kier alpha value is -0.680. The second-order valence-electron chi connectivity index (χ2n) is 3.06. The first-order chi connectivity index (χ1) is 7.93. The smallest absolute Gasteiger partial charge is 0.305 e. The van der Waals surface area contributed by atoms with Gasteiger partial charge in [-0.25, -0.2) is 0 Å². The standard InChI is InChI=1S/C8H16F2N3O3P/c1-3-15-17(14,16-4-2)8(9,10)6-5-7-12-13-11/h3-7H2,1-2H3. The first-order valence-electron chi connectivity index (χ1n) is 5.21. The molecule has 0 radical (unpaired) electrons. The Bertz CT molecular complexity index is 311. The highest BCUT2D eigenvalue weighted by Crippen LogP contribution is 2.63. The van der Waals surface area contributed by atoms with Crippen molar-refractivity contribution in [3.63, 3.8) is 0 Å². The molecule has 0 rings (SSSR count). The third kappa shape index (κ3) is 5.00. The van der Waals surface area contributed by atoms with Gasteiger partial charge in [-0.3, -0.25) is 4.57 Å². The highest BCUT2D eigenvalue weighted by atomic mass is 31.2. The predicted molar refractivity (Wildman–Crippen MR) is 59.1 cm³/mol. The molecular formula is C8H16F2N3O3P. The van der Waals surface area contributed by atoms with Crippen molar-refractivity contribution in [2.45, 2.75) is 32.4 Å². The molecule has 0 atom stereocenters. The van der Waals surface area contributed by atoms with E-state index in [0.29, 0.717) is 0 Å². The summed E-state index contributed by atoms with van der Waals surface area (Å²) in [4.78, 5) is 2.44. The van der Waals surface area contributed by atoms with Crippen LogP contribution in [0.1, 0.15) is 26.7 Å². The molecule has 6 nitrogen and oxygen atoms in total. The number of nitrogens with zero attached hydrogens (tertiary/aromatic N) is 3. The Morgan fingerprint density at radius 1 is 1.35 bits per heavy atom. The van der Waals surface area contributed by atoms with Crippen LogP contribution in [0.4, 0.5) is 8.78 Å². The predicted octanol–water partition coefficient (Wildman–Crippen LogP) is 3.94. The molecule has 0 aromatic rings. The monoisotopic (exact) mass is 271 g/mol. The number of rotatable bonds is 9. The van der Waals surface area contributed by atoms with E-state index in [1.165, 1.54) is 13.8 Å². The molecule has 0 aromatic heterocycles. The average Bonchev–Trinajstić information content (AvgIpc) is 2.25. The SMILES string of the molecule is CCOP(=O)(OCC)C(F)(F)CCCN=[N+]=[N-]. The van der Waals surface area contributed by atoms with Gasteiger partial charge in [0.15, 0.2) is 0 Å². The van der Waals surface area contributed by atoms with Crippen molar-refractivity contribution in [3.05, 3.63) is 10.4 Å². The number of azide groups is 1. The van der Waals surface area contributed by atoms with Gasteiger partial charge in [-0.2, -0.15) is 8.78 Å². The molecule has 0 aliphatic heterocycles. The van der Waals surface area contributed by atoms with Crippen molar-refractivity contribution in [1.29, 1.82) is 0 Å². The summed E-state index contributed by atoms with van der Waals surface area (Å²) in [6, 6.07) is 0. The number of hydrogen-bond donors (Lipinski definition) is 0. The number of halogens is 2. The van der Waals surface area contributed by atoms with Crippen molar-refractivity contribution in [3.8, 4) is 0 Å². The van der Waals surface area contributed by atoms with Gasteiger partial charge < -0.3 is 9.05 Å². The molecule has 0 fully saturated rings. The fourth-order valence-corrected chi connectivity index (χ4v) is 2.67. The van der Waals surface area contributed by atoms with Gasteiger partial charge in [0.1, 0.15) is 0 Å². The van der Waals surface area contributed by atoms with E-state index in [0.717, 1.165) is 0 Å². The fourth-order valence-electron chi connectivity index (χ4n) is 1.11. The average molecular weight is 271 g/mol. The van der Waals surface area contributed by atoms with E-state index in [-0.39, 0.29) is 26.2 Å². The van der Waals surface area contributed by atoms with Crippen molar-refractivity contribution in [2.75, 3.05) is 19.8 Å². The van der Waals surface area contributed by atoms with Crippen LogP contribution in [0.5, 0.6) is 0 Å². The van der Waals surface area contributed by atoms with Crippen LogP contribution < -0.4 is 0 Å². The topological polar surface area (TPSA) is 84.3 Å². The molecule has 0 aliphatic carbocycles. The zero-order chi connectivity index (χ0) is 13.4. The molecule has 0 bridgehead atoms. The van der Waals surface area contributed by atoms with Crippen LogP contribution in [0.15, 0.2) is 5.11 Å². The lowest BCUT2D eigenvalue weighted by Crippen LogP contribution is -2.20. The molecule has 17 heavy (non-hydrogen) atoms. The summed E-state index contributed by atoms with van der Waals surface area (Å²) in [7, 11) is -4.44. The van der Waals surface area contributed by atoms with E-state index in [1.807, 2.05) is 0 Å². The van der Waals surface area contributed by atoms with E-state index in [9.17, 15) is 13.3 Å². The Morgan fingerprint density at radius 2 is 1.88 bits per heavy atom. The molecular weight excluding hydrogens is 255 g/mol. The van der Waals surface area contributed by atoms with Crippen molar-refractivity contribution in [1.82, 2.24) is 0 Å². The van der Waals surface area contributed by atoms with Crippen LogP contribution in [0.25, 0.3) is 10.4 Å². The Morgan fingerprint density at radius 3 is 2.29 bits per heavy atom. The highest BCUT2D eigenvalue weighted by Gasteiger charge is 2.52. The highest BCUT2D eigenvalue weighted by molar-refractivity contribution is 7.55. The van der Waals surface area contributed by atoms with Crippen LogP contribution in [0, 0.1) is 0 Å². The first-order valence-corrected chi connectivity index (χ1v) is 6.75. The third-order valence-corrected chi connectivity index (χ3v) is 4.02. The Balaban J connectivity index is 4.59. The zero-order valence-corrected chi connectivity index (χ0v) is 10.7. The lowest BCUT2D eigenvalue weighted by Gasteiger charge is -2.25. The molecule has 100 valence electrons. The van der Waals surface area contributed by atoms with Gasteiger partial charge in [0, 0.05) is 17.9 Å². The Kier molecular flexibility index (Phi) is 7.30. The van der Waals surface area contributed by atoms with Crippen LogP contribution in [-0.4, -0.2) is 25.4 Å². The molecule has 0 aliphatic rings. The summed E-state index contributed by atoms with van der Waals surface area (Å²) in [5, 5.41) is 3.12. The summed E-state index contributed by atoms with van der Waals surface area (Å²) in [6.07, 6.45) is -0.787. The summed E-state index contributed by atoms with van der Waals surface area (Å²) in [6.45, 7) is 2.60. The van der Waals surface area contributed by atoms with Gasteiger partial charge >= 0.3 is 13.3 Å². The summed E-state index contributed by atoms with van der Waals surface area (Å²) < 4.78 is 48.2. The molecule has 0 heterocycles. The minimum atomic E-state index is -4.44. The lowest BCUT2D eigenvalue weighted by atomic mass is 10.3. The van der Waals surface area contributed by atoms with Crippen molar-refractivity contribution < 1.29 is 22.4 Å². The lowest BCUT2D eigenvalue weighted by molar-refractivity contribution is 0.0305. The minimum Gasteiger partial charge on any atom is -0.305 e. The van der Waals surface area contributed by atoms with E-state index >= 15 is 0 Å². The molecule has 0 saturated heterocycles. The molecule has 0 N–H and O–H groups in total. The van der Waals surface area contributed by atoms with E-state index in [4.69, 9.17) is 5.53 Å². The summed E-state index contributed by atoms with van der Waals surface area (Å²) >= 11 is 0. The number of hydrogen-bond acceptors (Lipinski definition) is 4. The van der Waals surface area contributed by atoms with E-state index < -0.39 is 19.7 Å². The molecule has 0 spiro atoms. The maximum Gasteiger partial charge on any atom is 0.399 e. The van der Waals surface area contributed by atoms with Gasteiger partial charge in [0.05, 0.1) is 13.2 Å². The van der Waals surface area contributed by atoms with E-state index in [2.05, 4.69) is 19.1 Å². The van der Waals surface area contributed by atoms with Gasteiger partial charge in [-0.1, -0.05) is 5.11 Å². The third-order valence-electron chi connectivity index (χ3n) is 1.80. The van der Waals surface area contributed by atoms with Crippen molar-refractivity contribution in [2.24, 2.45) is 5.11 Å². The molecule has 0 unspecified atom stereocenters. The molecule has 0 amide bonds. The second-order valence-corrected chi connectivity index (χ2v) is 5.22. The zero-order valence-electron chi connectivity index (χ0n) is 9.81. The second kappa shape index (κ2) is 7.61. The maximum absolute atomic E-state index is 13.6.